The molecular weight excluding hydrogens is 300 g/mol. The Morgan fingerprint density at radius 3 is 2.35 bits per heavy atom. The number of halogens is 1. The molecule has 0 radical (unpaired) electrons. The summed E-state index contributed by atoms with van der Waals surface area (Å²) in [5.74, 6) is 0.548. The van der Waals surface area contributed by atoms with E-state index in [1.54, 1.807) is 13.3 Å². The lowest BCUT2D eigenvalue weighted by atomic mass is 10.3. The standard InChI is InChI=1S/C6H6BrNOS.C6H7N/c1-9-6-5(10)2-4(7)3-8-6;7-6-4-2-1-3-5-6/h2-3,10H,1H3;1-5H,7H2. The molecule has 0 saturated carbocycles. The van der Waals surface area contributed by atoms with E-state index in [2.05, 4.69) is 33.5 Å². The van der Waals surface area contributed by atoms with Crippen LogP contribution in [0.2, 0.25) is 0 Å². The lowest BCUT2D eigenvalue weighted by Crippen LogP contribution is -1.87. The summed E-state index contributed by atoms with van der Waals surface area (Å²) in [5, 5.41) is 0. The molecule has 2 rings (SSSR count). The molecule has 0 atom stereocenters. The van der Waals surface area contributed by atoms with Crippen molar-refractivity contribution < 1.29 is 4.74 Å². The van der Waals surface area contributed by atoms with E-state index in [0.29, 0.717) is 5.88 Å². The van der Waals surface area contributed by atoms with Crippen LogP contribution in [-0.4, -0.2) is 12.1 Å². The third-order valence-electron chi connectivity index (χ3n) is 1.79. The molecule has 1 aromatic carbocycles. The summed E-state index contributed by atoms with van der Waals surface area (Å²) in [6, 6.07) is 11.3. The van der Waals surface area contributed by atoms with Crippen LogP contribution in [-0.2, 0) is 0 Å². The summed E-state index contributed by atoms with van der Waals surface area (Å²) in [6.07, 6.45) is 1.67. The van der Waals surface area contributed by atoms with Crippen molar-refractivity contribution in [3.8, 4) is 5.88 Å². The second-order valence-electron chi connectivity index (χ2n) is 3.09. The summed E-state index contributed by atoms with van der Waals surface area (Å²) in [6.45, 7) is 0. The Bertz CT molecular complexity index is 465. The van der Waals surface area contributed by atoms with Gasteiger partial charge in [-0.05, 0) is 34.1 Å². The van der Waals surface area contributed by atoms with E-state index >= 15 is 0 Å². The third kappa shape index (κ3) is 5.10. The number of para-hydroxylation sites is 1. The number of thiol groups is 1. The van der Waals surface area contributed by atoms with E-state index < -0.39 is 0 Å². The molecular formula is C12H13BrN2OS. The van der Waals surface area contributed by atoms with Gasteiger partial charge in [-0.3, -0.25) is 0 Å². The Morgan fingerprint density at radius 1 is 1.29 bits per heavy atom. The average molecular weight is 313 g/mol. The first-order chi connectivity index (χ1) is 8.13. The number of hydrogen-bond acceptors (Lipinski definition) is 4. The maximum atomic E-state index is 5.36. The number of aromatic nitrogens is 1. The summed E-state index contributed by atoms with van der Waals surface area (Å²) in [7, 11) is 1.57. The monoisotopic (exact) mass is 312 g/mol. The largest absolute Gasteiger partial charge is 0.480 e. The zero-order chi connectivity index (χ0) is 12.7. The number of anilines is 1. The average Bonchev–Trinajstić information content (AvgIpc) is 2.31. The number of nitrogens with zero attached hydrogens (tertiary/aromatic N) is 1. The first-order valence-corrected chi connectivity index (χ1v) is 6.06. The van der Waals surface area contributed by atoms with Gasteiger partial charge in [0.2, 0.25) is 5.88 Å². The van der Waals surface area contributed by atoms with Crippen LogP contribution in [0.15, 0.2) is 52.0 Å². The van der Waals surface area contributed by atoms with E-state index in [1.165, 1.54) is 0 Å². The predicted octanol–water partition coefficient (Wildman–Crippen LogP) is 3.41. The molecule has 2 aromatic rings. The minimum absolute atomic E-state index is 0.548. The van der Waals surface area contributed by atoms with Crippen LogP contribution in [0.25, 0.3) is 0 Å². The fourth-order valence-corrected chi connectivity index (χ4v) is 1.82. The Labute approximate surface area is 115 Å². The van der Waals surface area contributed by atoms with Crippen molar-refractivity contribution in [2.75, 3.05) is 12.8 Å². The van der Waals surface area contributed by atoms with Gasteiger partial charge in [-0.25, -0.2) is 4.98 Å². The zero-order valence-electron chi connectivity index (χ0n) is 9.30. The van der Waals surface area contributed by atoms with Gasteiger partial charge in [-0.15, -0.1) is 12.6 Å². The highest BCUT2D eigenvalue weighted by atomic mass is 79.9. The highest BCUT2D eigenvalue weighted by Crippen LogP contribution is 2.22. The van der Waals surface area contributed by atoms with Gasteiger partial charge < -0.3 is 10.5 Å². The first kappa shape index (κ1) is 13.9. The second-order valence-corrected chi connectivity index (χ2v) is 4.49. The SMILES string of the molecule is COc1ncc(Br)cc1S.Nc1ccccc1. The Balaban J connectivity index is 0.000000181. The van der Waals surface area contributed by atoms with Gasteiger partial charge in [0.05, 0.1) is 12.0 Å². The number of hydrogen-bond donors (Lipinski definition) is 2. The Kier molecular flexibility index (Phi) is 5.86. The number of ether oxygens (including phenoxy) is 1. The molecule has 2 N–H and O–H groups in total. The second kappa shape index (κ2) is 7.19. The molecule has 5 heteroatoms. The van der Waals surface area contributed by atoms with Gasteiger partial charge >= 0.3 is 0 Å². The van der Waals surface area contributed by atoms with Crippen molar-refractivity contribution in [1.82, 2.24) is 4.98 Å². The van der Waals surface area contributed by atoms with Gasteiger partial charge in [-0.2, -0.15) is 0 Å². The van der Waals surface area contributed by atoms with Crippen molar-refractivity contribution in [1.29, 1.82) is 0 Å². The first-order valence-electron chi connectivity index (χ1n) is 4.82. The summed E-state index contributed by atoms with van der Waals surface area (Å²) < 4.78 is 5.79. The molecule has 90 valence electrons. The molecule has 0 aliphatic carbocycles. The molecule has 0 saturated heterocycles. The van der Waals surface area contributed by atoms with E-state index in [4.69, 9.17) is 10.5 Å². The van der Waals surface area contributed by atoms with E-state index in [0.717, 1.165) is 15.1 Å². The minimum Gasteiger partial charge on any atom is -0.480 e. The van der Waals surface area contributed by atoms with Gasteiger partial charge in [0.15, 0.2) is 0 Å². The smallest absolute Gasteiger partial charge is 0.226 e. The summed E-state index contributed by atoms with van der Waals surface area (Å²) in [4.78, 5) is 4.68. The van der Waals surface area contributed by atoms with Crippen molar-refractivity contribution >= 4 is 34.2 Å². The van der Waals surface area contributed by atoms with E-state index in [9.17, 15) is 0 Å². The van der Waals surface area contributed by atoms with Crippen molar-refractivity contribution in [2.24, 2.45) is 0 Å². The quantitative estimate of drug-likeness (QED) is 0.626. The van der Waals surface area contributed by atoms with Crippen LogP contribution < -0.4 is 10.5 Å². The molecule has 0 amide bonds. The van der Waals surface area contributed by atoms with E-state index in [-0.39, 0.29) is 0 Å². The van der Waals surface area contributed by atoms with Crippen LogP contribution >= 0.6 is 28.6 Å². The topological polar surface area (TPSA) is 48.1 Å². The molecule has 1 heterocycles. The molecule has 1 aromatic heterocycles. The zero-order valence-corrected chi connectivity index (χ0v) is 11.8. The van der Waals surface area contributed by atoms with E-state index in [1.807, 2.05) is 36.4 Å². The van der Waals surface area contributed by atoms with Gasteiger partial charge in [0.1, 0.15) is 0 Å². The molecule has 17 heavy (non-hydrogen) atoms. The molecule has 0 spiro atoms. The third-order valence-corrected chi connectivity index (χ3v) is 2.55. The lowest BCUT2D eigenvalue weighted by Gasteiger charge is -2.00. The molecule has 0 aliphatic heterocycles. The summed E-state index contributed by atoms with van der Waals surface area (Å²) >= 11 is 7.39. The van der Waals surface area contributed by atoms with Gasteiger partial charge in [0, 0.05) is 16.4 Å². The number of methoxy groups -OCH3 is 1. The van der Waals surface area contributed by atoms with Crippen LogP contribution in [0.5, 0.6) is 5.88 Å². The van der Waals surface area contributed by atoms with Crippen molar-refractivity contribution in [3.63, 3.8) is 0 Å². The highest BCUT2D eigenvalue weighted by molar-refractivity contribution is 9.10. The number of pyridine rings is 1. The van der Waals surface area contributed by atoms with Gasteiger partial charge in [-0.1, -0.05) is 18.2 Å². The molecule has 0 bridgehead atoms. The van der Waals surface area contributed by atoms with Crippen LogP contribution in [0, 0.1) is 0 Å². The van der Waals surface area contributed by atoms with Crippen molar-refractivity contribution in [3.05, 3.63) is 47.1 Å². The van der Waals surface area contributed by atoms with Crippen LogP contribution in [0.4, 0.5) is 5.69 Å². The number of benzene rings is 1. The van der Waals surface area contributed by atoms with Crippen LogP contribution in [0.3, 0.4) is 0 Å². The minimum atomic E-state index is 0.548. The number of rotatable bonds is 1. The van der Waals surface area contributed by atoms with Crippen LogP contribution in [0.1, 0.15) is 0 Å². The fraction of sp³-hybridized carbons (Fsp3) is 0.0833. The Hall–Kier alpha value is -1.20. The molecule has 0 aliphatic rings. The maximum absolute atomic E-state index is 5.36. The lowest BCUT2D eigenvalue weighted by molar-refractivity contribution is 0.387. The molecule has 0 unspecified atom stereocenters. The normalized spacial score (nSPS) is 9.12. The Morgan fingerprint density at radius 2 is 1.94 bits per heavy atom. The predicted molar refractivity (Wildman–Crippen MR) is 76.6 cm³/mol. The van der Waals surface area contributed by atoms with Gasteiger partial charge in [0.25, 0.3) is 0 Å². The molecule has 3 nitrogen and oxygen atoms in total. The summed E-state index contributed by atoms with van der Waals surface area (Å²) in [5.41, 5.74) is 6.18. The van der Waals surface area contributed by atoms with Crippen molar-refractivity contribution in [2.45, 2.75) is 4.90 Å². The number of nitrogen functional groups attached to an aromatic ring is 1. The molecule has 0 fully saturated rings. The maximum Gasteiger partial charge on any atom is 0.226 e. The highest BCUT2D eigenvalue weighted by Gasteiger charge is 1.98. The fourth-order valence-electron chi connectivity index (χ4n) is 1.03. The number of nitrogens with two attached hydrogens (primary N) is 1.